The Morgan fingerprint density at radius 3 is 1.90 bits per heavy atom. The van der Waals surface area contributed by atoms with E-state index in [1.807, 2.05) is 0 Å². The van der Waals surface area contributed by atoms with E-state index in [4.69, 9.17) is 18.9 Å². The Kier molecular flexibility index (Phi) is 12.8. The van der Waals surface area contributed by atoms with Gasteiger partial charge in [-0.2, -0.15) is 13.2 Å². The quantitative estimate of drug-likeness (QED) is 0.193. The first kappa shape index (κ1) is 34.1. The molecular weight excluding hydrogens is 555 g/mol. The van der Waals surface area contributed by atoms with E-state index >= 15 is 0 Å². The predicted octanol–water partition coefficient (Wildman–Crippen LogP) is -1.24. The van der Waals surface area contributed by atoms with E-state index in [0.717, 1.165) is 27.7 Å². The van der Waals surface area contributed by atoms with Crippen LogP contribution < -0.4 is 16.0 Å². The number of carbonyl (C=O) groups is 7. The normalized spacial score (nSPS) is 23.1. The number of esters is 4. The van der Waals surface area contributed by atoms with E-state index < -0.39 is 97.4 Å². The van der Waals surface area contributed by atoms with E-state index in [1.165, 1.54) is 12.2 Å². The monoisotopic (exact) mass is 585 g/mol. The van der Waals surface area contributed by atoms with Crippen molar-refractivity contribution in [1.29, 1.82) is 0 Å². The van der Waals surface area contributed by atoms with Crippen LogP contribution in [-0.4, -0.2) is 97.6 Å². The number of hydrogen-bond acceptors (Lipinski definition) is 12. The molecule has 1 rings (SSSR count). The number of carbonyl (C=O) groups excluding carboxylic acids is 7. The third-order valence-electron chi connectivity index (χ3n) is 4.94. The summed E-state index contributed by atoms with van der Waals surface area (Å²) in [5, 5.41) is 5.95. The SMILES string of the molecule is CCOC(=O)[C@H](CC(=O)N[C@@H]1O[C@H](COC(C)=O)[C@@H](OC(C)=O)[C@H](OC(C)=O)[C@H]1NC(C)=O)NC(=O)C(F)(F)F. The molecule has 40 heavy (non-hydrogen) atoms. The van der Waals surface area contributed by atoms with Crippen LogP contribution in [0.4, 0.5) is 13.2 Å². The van der Waals surface area contributed by atoms with Crippen molar-refractivity contribution in [2.75, 3.05) is 13.2 Å². The molecule has 1 fully saturated rings. The highest BCUT2D eigenvalue weighted by Crippen LogP contribution is 2.26. The molecule has 0 aromatic rings. The minimum Gasteiger partial charge on any atom is -0.464 e. The largest absolute Gasteiger partial charge is 0.471 e. The van der Waals surface area contributed by atoms with Crippen LogP contribution in [-0.2, 0) is 57.2 Å². The van der Waals surface area contributed by atoms with Gasteiger partial charge in [0, 0.05) is 27.7 Å². The maximum absolute atomic E-state index is 12.8. The molecular formula is C22H30F3N3O12. The first-order valence-corrected chi connectivity index (χ1v) is 11.7. The molecule has 0 aromatic carbocycles. The maximum atomic E-state index is 12.8. The number of nitrogens with one attached hydrogen (secondary N) is 3. The second kappa shape index (κ2) is 15.0. The average molecular weight is 585 g/mol. The molecule has 1 heterocycles. The maximum Gasteiger partial charge on any atom is 0.471 e. The van der Waals surface area contributed by atoms with Crippen molar-refractivity contribution in [3.63, 3.8) is 0 Å². The van der Waals surface area contributed by atoms with Gasteiger partial charge >= 0.3 is 36.0 Å². The topological polar surface area (TPSA) is 202 Å². The highest BCUT2D eigenvalue weighted by molar-refractivity contribution is 5.91. The van der Waals surface area contributed by atoms with Crippen LogP contribution in [0.1, 0.15) is 41.0 Å². The number of hydrogen-bond donors (Lipinski definition) is 3. The Balaban J connectivity index is 3.36. The van der Waals surface area contributed by atoms with Gasteiger partial charge in [-0.3, -0.25) is 28.8 Å². The third-order valence-corrected chi connectivity index (χ3v) is 4.94. The lowest BCUT2D eigenvalue weighted by Gasteiger charge is -2.45. The summed E-state index contributed by atoms with van der Waals surface area (Å²) < 4.78 is 63.9. The van der Waals surface area contributed by atoms with Crippen molar-refractivity contribution in [2.24, 2.45) is 0 Å². The molecule has 1 saturated heterocycles. The molecule has 0 saturated carbocycles. The number of rotatable bonds is 11. The molecule has 18 heteroatoms. The van der Waals surface area contributed by atoms with E-state index in [-0.39, 0.29) is 6.61 Å². The van der Waals surface area contributed by atoms with Crippen LogP contribution in [0.25, 0.3) is 0 Å². The van der Waals surface area contributed by atoms with E-state index in [2.05, 4.69) is 15.4 Å². The molecule has 0 aromatic heterocycles. The van der Waals surface area contributed by atoms with Crippen molar-refractivity contribution in [1.82, 2.24) is 16.0 Å². The van der Waals surface area contributed by atoms with Crippen molar-refractivity contribution in [3.05, 3.63) is 0 Å². The van der Waals surface area contributed by atoms with Gasteiger partial charge in [0.2, 0.25) is 11.8 Å². The summed E-state index contributed by atoms with van der Waals surface area (Å²) in [4.78, 5) is 83.3. The Morgan fingerprint density at radius 2 is 1.43 bits per heavy atom. The molecule has 0 unspecified atom stereocenters. The standard InChI is InChI=1S/C22H30F3N3O12/c1-6-36-20(34)13(27-21(35)22(23,24)25)7-15(33)28-19-16(26-9(2)29)18(39-12(5)32)17(38-11(4)31)14(40-19)8-37-10(3)30/h13-14,16-19H,6-8H2,1-5H3,(H,26,29)(H,27,35)(H,28,33)/t13-,14+,16+,17+,18+,19+/m0/s1. The fraction of sp³-hybridized carbons (Fsp3) is 0.682. The van der Waals surface area contributed by atoms with Gasteiger partial charge in [0.1, 0.15) is 24.8 Å². The Hall–Kier alpha value is -3.96. The summed E-state index contributed by atoms with van der Waals surface area (Å²) in [6.07, 6.45) is -12.5. The van der Waals surface area contributed by atoms with Crippen molar-refractivity contribution in [2.45, 2.75) is 83.8 Å². The molecule has 15 nitrogen and oxygen atoms in total. The lowest BCUT2D eigenvalue weighted by molar-refractivity contribution is -0.228. The second-order valence-corrected chi connectivity index (χ2v) is 8.32. The zero-order valence-corrected chi connectivity index (χ0v) is 22.1. The molecule has 6 atom stereocenters. The minimum atomic E-state index is -5.38. The van der Waals surface area contributed by atoms with Crippen LogP contribution in [0.15, 0.2) is 0 Å². The van der Waals surface area contributed by atoms with Gasteiger partial charge < -0.3 is 39.6 Å². The summed E-state index contributed by atoms with van der Waals surface area (Å²) in [6.45, 7) is 4.58. The number of halogens is 3. The van der Waals surface area contributed by atoms with Crippen molar-refractivity contribution >= 4 is 41.6 Å². The van der Waals surface area contributed by atoms with Crippen LogP contribution in [0, 0.1) is 0 Å². The van der Waals surface area contributed by atoms with Crippen LogP contribution in [0.5, 0.6) is 0 Å². The number of alkyl halides is 3. The molecule has 1 aliphatic rings. The summed E-state index contributed by atoms with van der Waals surface area (Å²) in [7, 11) is 0. The lowest BCUT2D eigenvalue weighted by atomic mass is 9.95. The van der Waals surface area contributed by atoms with Crippen molar-refractivity contribution < 1.29 is 70.4 Å². The van der Waals surface area contributed by atoms with E-state index in [0.29, 0.717) is 0 Å². The van der Waals surface area contributed by atoms with Crippen LogP contribution in [0.2, 0.25) is 0 Å². The van der Waals surface area contributed by atoms with Gasteiger partial charge in [-0.05, 0) is 6.92 Å². The summed E-state index contributed by atoms with van der Waals surface area (Å²) in [5.41, 5.74) is 0. The molecule has 0 aliphatic carbocycles. The van der Waals surface area contributed by atoms with Gasteiger partial charge in [-0.15, -0.1) is 0 Å². The molecule has 0 bridgehead atoms. The second-order valence-electron chi connectivity index (χ2n) is 8.32. The minimum absolute atomic E-state index is 0.283. The molecule has 226 valence electrons. The number of amides is 3. The Morgan fingerprint density at radius 1 is 0.850 bits per heavy atom. The Labute approximate surface area is 225 Å². The molecule has 3 amide bonds. The smallest absolute Gasteiger partial charge is 0.464 e. The first-order chi connectivity index (χ1) is 18.5. The van der Waals surface area contributed by atoms with Gasteiger partial charge in [0.15, 0.2) is 18.4 Å². The highest BCUT2D eigenvalue weighted by atomic mass is 19.4. The first-order valence-electron chi connectivity index (χ1n) is 11.7. The average Bonchev–Trinajstić information content (AvgIpc) is 2.79. The molecule has 0 radical (unpaired) electrons. The zero-order valence-electron chi connectivity index (χ0n) is 22.1. The summed E-state index contributed by atoms with van der Waals surface area (Å²) >= 11 is 0. The third kappa shape index (κ3) is 11.0. The number of ether oxygens (including phenoxy) is 5. The van der Waals surface area contributed by atoms with Gasteiger partial charge in [-0.25, -0.2) is 4.79 Å². The van der Waals surface area contributed by atoms with Crippen LogP contribution >= 0.6 is 0 Å². The molecule has 0 spiro atoms. The summed E-state index contributed by atoms with van der Waals surface area (Å²) in [5.74, 6) is -8.33. The predicted molar refractivity (Wildman–Crippen MR) is 121 cm³/mol. The Bertz CT molecular complexity index is 990. The van der Waals surface area contributed by atoms with Gasteiger partial charge in [-0.1, -0.05) is 0 Å². The van der Waals surface area contributed by atoms with Crippen LogP contribution in [0.3, 0.4) is 0 Å². The van der Waals surface area contributed by atoms with E-state index in [1.54, 1.807) is 0 Å². The fourth-order valence-electron chi connectivity index (χ4n) is 3.53. The van der Waals surface area contributed by atoms with Crippen molar-refractivity contribution in [3.8, 4) is 0 Å². The molecule has 1 aliphatic heterocycles. The zero-order chi connectivity index (χ0) is 30.8. The van der Waals surface area contributed by atoms with Gasteiger partial charge in [0.25, 0.3) is 0 Å². The van der Waals surface area contributed by atoms with E-state index in [9.17, 15) is 46.7 Å². The highest BCUT2D eigenvalue weighted by Gasteiger charge is 2.51. The van der Waals surface area contributed by atoms with Gasteiger partial charge in [0.05, 0.1) is 13.0 Å². The molecule has 3 N–H and O–H groups in total. The fourth-order valence-corrected chi connectivity index (χ4v) is 3.53. The summed E-state index contributed by atoms with van der Waals surface area (Å²) in [6, 6.07) is -3.54. The lowest BCUT2D eigenvalue weighted by Crippen LogP contribution is -2.69.